The molecule has 1 atom stereocenters. The Bertz CT molecular complexity index is 715. The number of imidazole rings is 1. The predicted octanol–water partition coefficient (Wildman–Crippen LogP) is 3.44. The van der Waals surface area contributed by atoms with E-state index in [1.807, 2.05) is 18.5 Å². The molecule has 0 fully saturated rings. The van der Waals surface area contributed by atoms with Crippen molar-refractivity contribution in [3.05, 3.63) is 28.6 Å². The van der Waals surface area contributed by atoms with Crippen LogP contribution in [-0.4, -0.2) is 19.3 Å². The summed E-state index contributed by atoms with van der Waals surface area (Å²) in [5, 5.41) is 7.43. The lowest BCUT2D eigenvalue weighted by Gasteiger charge is -2.15. The van der Waals surface area contributed by atoms with E-state index in [2.05, 4.69) is 31.6 Å². The highest BCUT2D eigenvalue weighted by Crippen LogP contribution is 2.38. The highest BCUT2D eigenvalue weighted by atomic mass is 32.1. The van der Waals surface area contributed by atoms with Crippen LogP contribution in [0.25, 0.3) is 11.3 Å². The Hall–Kier alpha value is -1.93. The third kappa shape index (κ3) is 2.77. The average Bonchev–Trinajstić information content (AvgIpc) is 3.18. The van der Waals surface area contributed by atoms with Gasteiger partial charge in [0.15, 0.2) is 0 Å². The number of H-pyrrole nitrogens is 1. The molecule has 3 aromatic heterocycles. The van der Waals surface area contributed by atoms with E-state index >= 15 is 0 Å². The number of aromatic nitrogens is 4. The fourth-order valence-electron chi connectivity index (χ4n) is 2.12. The van der Waals surface area contributed by atoms with E-state index < -0.39 is 0 Å². The molecule has 0 saturated carbocycles. The molecule has 21 heavy (non-hydrogen) atoms. The summed E-state index contributed by atoms with van der Waals surface area (Å²) in [5.74, 6) is 1.42. The minimum absolute atomic E-state index is 0.0957. The first kappa shape index (κ1) is 14.0. The quantitative estimate of drug-likeness (QED) is 0.669. The summed E-state index contributed by atoms with van der Waals surface area (Å²) >= 11 is 2.96. The van der Waals surface area contributed by atoms with Gasteiger partial charge in [0.05, 0.1) is 22.3 Å². The monoisotopic (exact) mass is 320 g/mol. The first-order valence-corrected chi connectivity index (χ1v) is 8.27. The van der Waals surface area contributed by atoms with Crippen LogP contribution in [0.2, 0.25) is 0 Å². The maximum absolute atomic E-state index is 6.02. The van der Waals surface area contributed by atoms with Crippen LogP contribution in [0, 0.1) is 6.92 Å². The predicted molar refractivity (Wildman–Crippen MR) is 87.6 cm³/mol. The fourth-order valence-corrected chi connectivity index (χ4v) is 3.50. The van der Waals surface area contributed by atoms with Crippen LogP contribution in [0.3, 0.4) is 0 Å². The third-order valence-corrected chi connectivity index (χ3v) is 4.72. The summed E-state index contributed by atoms with van der Waals surface area (Å²) in [6, 6.07) is 0.0957. The second-order valence-electron chi connectivity index (χ2n) is 4.60. The number of nitrogens with one attached hydrogen (secondary N) is 2. The number of anilines is 2. The Morgan fingerprint density at radius 2 is 2.33 bits per heavy atom. The molecule has 0 saturated heterocycles. The second kappa shape index (κ2) is 5.82. The van der Waals surface area contributed by atoms with Crippen LogP contribution in [0.15, 0.2) is 17.8 Å². The zero-order valence-corrected chi connectivity index (χ0v) is 13.4. The number of hydrogen-bond donors (Lipinski definition) is 3. The van der Waals surface area contributed by atoms with Crippen LogP contribution < -0.4 is 11.1 Å². The van der Waals surface area contributed by atoms with E-state index in [-0.39, 0.29) is 6.04 Å². The van der Waals surface area contributed by atoms with E-state index in [4.69, 9.17) is 5.73 Å². The SMILES string of the molecule is CCC(Nc1snc(N)c1-c1csc(C)n1)c1ncc[nH]1. The van der Waals surface area contributed by atoms with Crippen molar-refractivity contribution in [1.82, 2.24) is 19.3 Å². The van der Waals surface area contributed by atoms with E-state index in [0.29, 0.717) is 5.82 Å². The van der Waals surface area contributed by atoms with Crippen LogP contribution >= 0.6 is 22.9 Å². The molecule has 8 heteroatoms. The number of aromatic amines is 1. The van der Waals surface area contributed by atoms with Crippen molar-refractivity contribution in [2.75, 3.05) is 11.1 Å². The smallest absolute Gasteiger partial charge is 0.148 e. The number of nitrogen functional groups attached to an aromatic ring is 1. The lowest BCUT2D eigenvalue weighted by atomic mass is 10.2. The summed E-state index contributed by atoms with van der Waals surface area (Å²) in [6.07, 6.45) is 4.48. The zero-order valence-electron chi connectivity index (χ0n) is 11.8. The summed E-state index contributed by atoms with van der Waals surface area (Å²) in [7, 11) is 0. The molecule has 0 aliphatic carbocycles. The molecular formula is C13H16N6S2. The molecule has 0 aliphatic heterocycles. The molecule has 4 N–H and O–H groups in total. The van der Waals surface area contributed by atoms with Crippen LogP contribution in [-0.2, 0) is 0 Å². The summed E-state index contributed by atoms with van der Waals surface area (Å²) in [4.78, 5) is 12.0. The minimum atomic E-state index is 0.0957. The molecule has 0 aromatic carbocycles. The highest BCUT2D eigenvalue weighted by Gasteiger charge is 2.20. The number of thiazole rings is 1. The average molecular weight is 320 g/mol. The van der Waals surface area contributed by atoms with Gasteiger partial charge in [0.1, 0.15) is 16.6 Å². The zero-order chi connectivity index (χ0) is 14.8. The first-order valence-electron chi connectivity index (χ1n) is 6.62. The standard InChI is InChI=1S/C13H16N6S2/c1-3-8(12-15-4-5-16-12)18-13-10(11(14)19-21-13)9-6-20-7(2)17-9/h4-6,8,18H,3H2,1-2H3,(H2,14,19)(H,15,16). The molecule has 3 rings (SSSR count). The summed E-state index contributed by atoms with van der Waals surface area (Å²) in [5.41, 5.74) is 7.78. The highest BCUT2D eigenvalue weighted by molar-refractivity contribution is 7.11. The Morgan fingerprint density at radius 3 is 2.95 bits per heavy atom. The molecule has 3 heterocycles. The third-order valence-electron chi connectivity index (χ3n) is 3.16. The number of nitrogens with two attached hydrogens (primary N) is 1. The molecule has 110 valence electrons. The van der Waals surface area contributed by atoms with Gasteiger partial charge in [-0.3, -0.25) is 0 Å². The van der Waals surface area contributed by atoms with E-state index in [1.165, 1.54) is 11.5 Å². The van der Waals surface area contributed by atoms with Crippen molar-refractivity contribution >= 4 is 33.7 Å². The van der Waals surface area contributed by atoms with Gasteiger partial charge in [-0.25, -0.2) is 9.97 Å². The summed E-state index contributed by atoms with van der Waals surface area (Å²) in [6.45, 7) is 4.09. The number of nitrogens with zero attached hydrogens (tertiary/aromatic N) is 3. The largest absolute Gasteiger partial charge is 0.382 e. The van der Waals surface area contributed by atoms with Gasteiger partial charge >= 0.3 is 0 Å². The Labute approximate surface area is 130 Å². The minimum Gasteiger partial charge on any atom is -0.382 e. The fraction of sp³-hybridized carbons (Fsp3) is 0.308. The van der Waals surface area contributed by atoms with Crippen molar-refractivity contribution in [3.8, 4) is 11.3 Å². The lowest BCUT2D eigenvalue weighted by Crippen LogP contribution is -2.11. The van der Waals surface area contributed by atoms with Gasteiger partial charge in [-0.15, -0.1) is 11.3 Å². The Balaban J connectivity index is 1.93. The summed E-state index contributed by atoms with van der Waals surface area (Å²) < 4.78 is 4.26. The molecule has 1 unspecified atom stereocenters. The Kier molecular flexibility index (Phi) is 3.89. The topological polar surface area (TPSA) is 92.5 Å². The maximum atomic E-state index is 6.02. The van der Waals surface area contributed by atoms with Crippen molar-refractivity contribution in [3.63, 3.8) is 0 Å². The van der Waals surface area contributed by atoms with Gasteiger partial charge in [-0.05, 0) is 24.9 Å². The molecule has 0 radical (unpaired) electrons. The van der Waals surface area contributed by atoms with Gasteiger partial charge in [0, 0.05) is 17.8 Å². The molecule has 0 bridgehead atoms. The molecule has 0 amide bonds. The van der Waals surface area contributed by atoms with Crippen molar-refractivity contribution < 1.29 is 0 Å². The molecule has 6 nitrogen and oxygen atoms in total. The van der Waals surface area contributed by atoms with Crippen LogP contribution in [0.4, 0.5) is 10.8 Å². The van der Waals surface area contributed by atoms with Crippen LogP contribution in [0.5, 0.6) is 0 Å². The molecular weight excluding hydrogens is 304 g/mol. The van der Waals surface area contributed by atoms with Gasteiger partial charge in [0.2, 0.25) is 0 Å². The van der Waals surface area contributed by atoms with Gasteiger partial charge in [-0.2, -0.15) is 4.37 Å². The van der Waals surface area contributed by atoms with Crippen molar-refractivity contribution in [2.45, 2.75) is 26.3 Å². The molecule has 3 aromatic rings. The second-order valence-corrected chi connectivity index (χ2v) is 6.44. The van der Waals surface area contributed by atoms with E-state index in [0.717, 1.165) is 33.5 Å². The number of hydrogen-bond acceptors (Lipinski definition) is 7. The normalized spacial score (nSPS) is 12.5. The maximum Gasteiger partial charge on any atom is 0.148 e. The van der Waals surface area contributed by atoms with Crippen LogP contribution in [0.1, 0.15) is 30.2 Å². The molecule has 0 spiro atoms. The first-order chi connectivity index (χ1) is 10.2. The van der Waals surface area contributed by atoms with Crippen molar-refractivity contribution in [2.24, 2.45) is 0 Å². The van der Waals surface area contributed by atoms with E-state index in [9.17, 15) is 0 Å². The number of rotatable bonds is 5. The van der Waals surface area contributed by atoms with Gasteiger partial charge < -0.3 is 16.0 Å². The number of aryl methyl sites for hydroxylation is 1. The lowest BCUT2D eigenvalue weighted by molar-refractivity contribution is 0.706. The van der Waals surface area contributed by atoms with Gasteiger partial charge in [0.25, 0.3) is 0 Å². The van der Waals surface area contributed by atoms with Gasteiger partial charge in [-0.1, -0.05) is 6.92 Å². The Morgan fingerprint density at radius 1 is 1.48 bits per heavy atom. The van der Waals surface area contributed by atoms with Crippen molar-refractivity contribution in [1.29, 1.82) is 0 Å². The molecule has 0 aliphatic rings. The van der Waals surface area contributed by atoms with E-state index in [1.54, 1.807) is 17.5 Å².